The van der Waals surface area contributed by atoms with Crippen LogP contribution in [0.25, 0.3) is 0 Å². The van der Waals surface area contributed by atoms with E-state index in [4.69, 9.17) is 10.00 Å². The summed E-state index contributed by atoms with van der Waals surface area (Å²) in [7, 11) is -3.48. The Bertz CT molecular complexity index is 344. The summed E-state index contributed by atoms with van der Waals surface area (Å²) < 4.78 is 31.9. The lowest BCUT2D eigenvalue weighted by Crippen LogP contribution is -2.48. The average Bonchev–Trinajstić information content (AvgIpc) is 2.30. The van der Waals surface area contributed by atoms with Crippen molar-refractivity contribution in [3.63, 3.8) is 0 Å². The van der Waals surface area contributed by atoms with Crippen molar-refractivity contribution in [1.82, 2.24) is 8.61 Å². The third kappa shape index (κ3) is 3.15. The fraction of sp³-hybridized carbons (Fsp3) is 0.889. The van der Waals surface area contributed by atoms with Gasteiger partial charge in [0.25, 0.3) is 10.2 Å². The van der Waals surface area contributed by atoms with Gasteiger partial charge < -0.3 is 4.74 Å². The molecule has 1 fully saturated rings. The van der Waals surface area contributed by atoms with Crippen LogP contribution in [-0.2, 0) is 14.9 Å². The molecular formula is C9H17N3O3S. The summed E-state index contributed by atoms with van der Waals surface area (Å²) in [6, 6.07) is 1.89. The van der Waals surface area contributed by atoms with Crippen molar-refractivity contribution in [2.75, 3.05) is 39.4 Å². The Morgan fingerprint density at radius 2 is 2.06 bits per heavy atom. The highest BCUT2D eigenvalue weighted by Gasteiger charge is 2.30. The number of hydrogen-bond donors (Lipinski definition) is 0. The molecule has 0 aliphatic carbocycles. The molecule has 16 heavy (non-hydrogen) atoms. The minimum absolute atomic E-state index is 0.0898. The molecular weight excluding hydrogens is 230 g/mol. The summed E-state index contributed by atoms with van der Waals surface area (Å²) in [4.78, 5) is 0. The molecule has 1 rings (SSSR count). The number of rotatable bonds is 5. The van der Waals surface area contributed by atoms with E-state index in [1.165, 1.54) is 8.61 Å². The number of nitriles is 1. The van der Waals surface area contributed by atoms with Crippen molar-refractivity contribution >= 4 is 10.2 Å². The monoisotopic (exact) mass is 247 g/mol. The van der Waals surface area contributed by atoms with Gasteiger partial charge in [0.05, 0.1) is 19.3 Å². The Kier molecular flexibility index (Phi) is 5.15. The van der Waals surface area contributed by atoms with Crippen molar-refractivity contribution < 1.29 is 13.2 Å². The zero-order valence-corrected chi connectivity index (χ0v) is 10.2. The molecule has 1 heterocycles. The summed E-state index contributed by atoms with van der Waals surface area (Å²) in [6.07, 6.45) is 0.700. The highest BCUT2D eigenvalue weighted by atomic mass is 32.2. The lowest BCUT2D eigenvalue weighted by Gasteiger charge is -2.30. The molecule has 0 aromatic carbocycles. The van der Waals surface area contributed by atoms with Gasteiger partial charge in [-0.25, -0.2) is 0 Å². The van der Waals surface area contributed by atoms with Gasteiger partial charge in [-0.3, -0.25) is 0 Å². The predicted octanol–water partition coefficient (Wildman–Crippen LogP) is -0.201. The Balaban J connectivity index is 2.75. The highest BCUT2D eigenvalue weighted by molar-refractivity contribution is 7.86. The summed E-state index contributed by atoms with van der Waals surface area (Å²) in [5.74, 6) is 0. The molecule has 0 unspecified atom stereocenters. The summed E-state index contributed by atoms with van der Waals surface area (Å²) >= 11 is 0. The molecule has 1 saturated heterocycles. The molecule has 0 amide bonds. The zero-order chi connectivity index (χ0) is 12.0. The van der Waals surface area contributed by atoms with Crippen LogP contribution in [0.3, 0.4) is 0 Å². The summed E-state index contributed by atoms with van der Waals surface area (Å²) in [5, 5.41) is 8.63. The summed E-state index contributed by atoms with van der Waals surface area (Å²) in [6.45, 7) is 3.76. The Hall–Kier alpha value is -0.680. The Morgan fingerprint density at radius 3 is 2.56 bits per heavy atom. The zero-order valence-electron chi connectivity index (χ0n) is 9.42. The Labute approximate surface area is 96.6 Å². The van der Waals surface area contributed by atoms with Crippen LogP contribution in [0.1, 0.15) is 13.3 Å². The van der Waals surface area contributed by atoms with Gasteiger partial charge in [-0.2, -0.15) is 22.3 Å². The second kappa shape index (κ2) is 6.15. The molecule has 0 saturated carbocycles. The van der Waals surface area contributed by atoms with Gasteiger partial charge >= 0.3 is 0 Å². The van der Waals surface area contributed by atoms with Gasteiger partial charge in [0.2, 0.25) is 0 Å². The second-order valence-corrected chi connectivity index (χ2v) is 5.44. The quantitative estimate of drug-likeness (QED) is 0.631. The van der Waals surface area contributed by atoms with E-state index in [1.54, 1.807) is 0 Å². The molecule has 7 heteroatoms. The number of nitrogens with zero attached hydrogens (tertiary/aromatic N) is 3. The van der Waals surface area contributed by atoms with Crippen LogP contribution in [0.15, 0.2) is 0 Å². The van der Waals surface area contributed by atoms with Crippen LogP contribution in [0.4, 0.5) is 0 Å². The first-order valence-corrected chi connectivity index (χ1v) is 6.72. The topological polar surface area (TPSA) is 73.6 Å². The summed E-state index contributed by atoms with van der Waals surface area (Å²) in [5.41, 5.74) is 0. The van der Waals surface area contributed by atoms with Crippen LogP contribution in [0, 0.1) is 11.3 Å². The van der Waals surface area contributed by atoms with Crippen LogP contribution >= 0.6 is 0 Å². The van der Waals surface area contributed by atoms with Gasteiger partial charge in [-0.1, -0.05) is 6.92 Å². The van der Waals surface area contributed by atoms with Crippen molar-refractivity contribution in [3.8, 4) is 6.07 Å². The molecule has 0 N–H and O–H groups in total. The minimum Gasteiger partial charge on any atom is -0.379 e. The van der Waals surface area contributed by atoms with E-state index in [2.05, 4.69) is 0 Å². The van der Waals surface area contributed by atoms with Crippen molar-refractivity contribution in [2.24, 2.45) is 0 Å². The molecule has 6 nitrogen and oxygen atoms in total. The lowest BCUT2D eigenvalue weighted by molar-refractivity contribution is 0.0704. The maximum Gasteiger partial charge on any atom is 0.283 e. The van der Waals surface area contributed by atoms with E-state index >= 15 is 0 Å². The molecule has 0 bridgehead atoms. The maximum atomic E-state index is 12.1. The standard InChI is InChI=1S/C9H17N3O3S/c1-2-4-11(5-3-10)16(13,14)12-6-8-15-9-7-12/h2,4-9H2,1H3. The first-order chi connectivity index (χ1) is 7.62. The fourth-order valence-electron chi connectivity index (χ4n) is 1.54. The lowest BCUT2D eigenvalue weighted by atomic mass is 10.5. The van der Waals surface area contributed by atoms with Gasteiger partial charge in [0.15, 0.2) is 0 Å². The normalized spacial score (nSPS) is 18.6. The van der Waals surface area contributed by atoms with E-state index < -0.39 is 10.2 Å². The van der Waals surface area contributed by atoms with E-state index in [0.717, 1.165) is 0 Å². The molecule has 0 aromatic heterocycles. The van der Waals surface area contributed by atoms with Crippen molar-refractivity contribution in [1.29, 1.82) is 5.26 Å². The van der Waals surface area contributed by atoms with Crippen LogP contribution in [-0.4, -0.2) is 56.4 Å². The van der Waals surface area contributed by atoms with E-state index in [9.17, 15) is 8.42 Å². The third-order valence-corrected chi connectivity index (χ3v) is 4.32. The smallest absolute Gasteiger partial charge is 0.283 e. The predicted molar refractivity (Wildman–Crippen MR) is 58.8 cm³/mol. The second-order valence-electron chi connectivity index (χ2n) is 3.51. The average molecular weight is 247 g/mol. The molecule has 0 spiro atoms. The van der Waals surface area contributed by atoms with Gasteiger partial charge in [0.1, 0.15) is 6.54 Å². The number of hydrogen-bond acceptors (Lipinski definition) is 4. The van der Waals surface area contributed by atoms with E-state index in [0.29, 0.717) is 39.3 Å². The Morgan fingerprint density at radius 1 is 1.44 bits per heavy atom. The molecule has 1 aliphatic rings. The highest BCUT2D eigenvalue weighted by Crippen LogP contribution is 2.11. The molecule has 0 aromatic rings. The van der Waals surface area contributed by atoms with Crippen LogP contribution in [0.5, 0.6) is 0 Å². The first-order valence-electron chi connectivity index (χ1n) is 5.33. The largest absolute Gasteiger partial charge is 0.379 e. The molecule has 0 radical (unpaired) electrons. The third-order valence-electron chi connectivity index (χ3n) is 2.34. The minimum atomic E-state index is -3.48. The fourth-order valence-corrected chi connectivity index (χ4v) is 3.12. The SMILES string of the molecule is CCCN(CC#N)S(=O)(=O)N1CCOCC1. The van der Waals surface area contributed by atoms with Crippen LogP contribution < -0.4 is 0 Å². The molecule has 0 atom stereocenters. The van der Waals surface area contributed by atoms with Crippen molar-refractivity contribution in [2.45, 2.75) is 13.3 Å². The molecule has 92 valence electrons. The maximum absolute atomic E-state index is 12.1. The number of ether oxygens (including phenoxy) is 1. The van der Waals surface area contributed by atoms with E-state index in [1.807, 2.05) is 13.0 Å². The van der Waals surface area contributed by atoms with Crippen molar-refractivity contribution in [3.05, 3.63) is 0 Å². The van der Waals surface area contributed by atoms with Gasteiger partial charge in [-0.05, 0) is 6.42 Å². The first kappa shape index (κ1) is 13.4. The van der Waals surface area contributed by atoms with Crippen LogP contribution in [0.2, 0.25) is 0 Å². The number of morpholine rings is 1. The molecule has 1 aliphatic heterocycles. The van der Waals surface area contributed by atoms with E-state index in [-0.39, 0.29) is 6.54 Å². The van der Waals surface area contributed by atoms with Gasteiger partial charge in [0, 0.05) is 19.6 Å². The van der Waals surface area contributed by atoms with Gasteiger partial charge in [-0.15, -0.1) is 0 Å².